The van der Waals surface area contributed by atoms with Crippen molar-refractivity contribution in [2.75, 3.05) is 5.32 Å². The van der Waals surface area contributed by atoms with Crippen LogP contribution >= 0.6 is 61.8 Å². The number of nitrogens with one attached hydrogen (secondary N) is 1. The van der Waals surface area contributed by atoms with E-state index in [-0.39, 0.29) is 5.91 Å². The van der Waals surface area contributed by atoms with Crippen LogP contribution in [0, 0.1) is 0 Å². The van der Waals surface area contributed by atoms with Crippen molar-refractivity contribution in [3.05, 3.63) is 54.4 Å². The van der Waals surface area contributed by atoms with E-state index in [2.05, 4.69) is 26.2 Å². The molecule has 0 bridgehead atoms. The lowest BCUT2D eigenvalue weighted by Crippen LogP contribution is -2.11. The molecule has 0 fully saturated rings. The summed E-state index contributed by atoms with van der Waals surface area (Å²) in [5, 5.41) is 5.12. The van der Waals surface area contributed by atoms with Crippen molar-refractivity contribution in [1.29, 1.82) is 0 Å². The van der Waals surface area contributed by atoms with Gasteiger partial charge in [0.2, 0.25) is 0 Å². The first-order valence-electron chi connectivity index (χ1n) is 6.00. The minimum absolute atomic E-state index is 0.206. The monoisotopic (exact) mass is 432 g/mol. The molecule has 1 aromatic carbocycles. The number of hydrogen-bond acceptors (Lipinski definition) is 4. The van der Waals surface area contributed by atoms with Crippen molar-refractivity contribution in [3.8, 4) is 11.3 Å². The highest BCUT2D eigenvalue weighted by Crippen LogP contribution is 2.39. The Kier molecular flexibility index (Phi) is 4.84. The summed E-state index contributed by atoms with van der Waals surface area (Å²) >= 11 is 18.0. The molecular formula is C14H7BrCl2N2OS2. The molecule has 0 unspecified atom stereocenters. The molecule has 8 heteroatoms. The molecule has 0 aliphatic rings. The van der Waals surface area contributed by atoms with Crippen molar-refractivity contribution in [2.24, 2.45) is 0 Å². The normalized spacial score (nSPS) is 10.7. The fourth-order valence-electron chi connectivity index (χ4n) is 1.74. The van der Waals surface area contributed by atoms with E-state index in [1.807, 2.05) is 17.5 Å². The Hall–Kier alpha value is -0.920. The van der Waals surface area contributed by atoms with Gasteiger partial charge in [0.05, 0.1) is 10.0 Å². The Morgan fingerprint density at radius 1 is 1.23 bits per heavy atom. The molecule has 2 heterocycles. The summed E-state index contributed by atoms with van der Waals surface area (Å²) in [6.45, 7) is 0. The lowest BCUT2D eigenvalue weighted by Gasteiger charge is -2.01. The van der Waals surface area contributed by atoms with E-state index in [1.165, 1.54) is 22.7 Å². The van der Waals surface area contributed by atoms with Gasteiger partial charge in [-0.2, -0.15) is 0 Å². The maximum absolute atomic E-state index is 12.1. The van der Waals surface area contributed by atoms with Gasteiger partial charge in [-0.1, -0.05) is 39.1 Å². The van der Waals surface area contributed by atoms with Gasteiger partial charge in [0.15, 0.2) is 5.13 Å². The number of hydrogen-bond donors (Lipinski definition) is 1. The van der Waals surface area contributed by atoms with Crippen LogP contribution in [-0.2, 0) is 0 Å². The topological polar surface area (TPSA) is 42.0 Å². The standard InChI is InChI=1S/C14H7BrCl2N2OS2/c15-8-3-1-7(2-4-8)13(20)19-14-18-10(6-21-14)9-5-11(16)22-12(9)17/h1-6H,(H,18,19,20). The smallest absolute Gasteiger partial charge is 0.257 e. The second kappa shape index (κ2) is 6.68. The van der Waals surface area contributed by atoms with Crippen LogP contribution in [0.3, 0.4) is 0 Å². The Morgan fingerprint density at radius 3 is 2.59 bits per heavy atom. The average molecular weight is 434 g/mol. The van der Waals surface area contributed by atoms with Crippen LogP contribution in [0.15, 0.2) is 40.2 Å². The van der Waals surface area contributed by atoms with Crippen LogP contribution in [0.25, 0.3) is 11.3 Å². The summed E-state index contributed by atoms with van der Waals surface area (Å²) in [4.78, 5) is 16.5. The summed E-state index contributed by atoms with van der Waals surface area (Å²) < 4.78 is 2.11. The molecule has 0 saturated carbocycles. The van der Waals surface area contributed by atoms with E-state index in [1.54, 1.807) is 18.2 Å². The predicted octanol–water partition coefficient (Wildman–Crippen LogP) is 6.19. The highest BCUT2D eigenvalue weighted by Gasteiger charge is 2.13. The maximum Gasteiger partial charge on any atom is 0.257 e. The van der Waals surface area contributed by atoms with E-state index in [0.29, 0.717) is 25.1 Å². The second-order valence-corrected chi connectivity index (χ2v) is 8.30. The van der Waals surface area contributed by atoms with Crippen molar-refractivity contribution >= 4 is 72.8 Å². The first-order valence-corrected chi connectivity index (χ1v) is 9.25. The highest BCUT2D eigenvalue weighted by atomic mass is 79.9. The van der Waals surface area contributed by atoms with Gasteiger partial charge in [0, 0.05) is 21.0 Å². The molecule has 3 rings (SSSR count). The van der Waals surface area contributed by atoms with Crippen molar-refractivity contribution in [3.63, 3.8) is 0 Å². The Balaban J connectivity index is 1.78. The summed E-state index contributed by atoms with van der Waals surface area (Å²) in [6.07, 6.45) is 0. The third-order valence-corrected chi connectivity index (χ3v) is 5.54. The quantitative estimate of drug-likeness (QED) is 0.534. The number of amides is 1. The summed E-state index contributed by atoms with van der Waals surface area (Å²) in [5.41, 5.74) is 2.04. The summed E-state index contributed by atoms with van der Waals surface area (Å²) in [5.74, 6) is -0.206. The van der Waals surface area contributed by atoms with Crippen molar-refractivity contribution in [2.45, 2.75) is 0 Å². The van der Waals surface area contributed by atoms with Crippen LogP contribution in [0.1, 0.15) is 10.4 Å². The Labute approximate surface area is 153 Å². The van der Waals surface area contributed by atoms with Crippen molar-refractivity contribution in [1.82, 2.24) is 4.98 Å². The molecular weight excluding hydrogens is 427 g/mol. The van der Waals surface area contributed by atoms with Gasteiger partial charge >= 0.3 is 0 Å². The van der Waals surface area contributed by atoms with Gasteiger partial charge in [-0.25, -0.2) is 4.98 Å². The molecule has 2 aromatic heterocycles. The third-order valence-electron chi connectivity index (χ3n) is 2.76. The fourth-order valence-corrected chi connectivity index (χ4v) is 4.19. The van der Waals surface area contributed by atoms with Gasteiger partial charge in [0.25, 0.3) is 5.91 Å². The number of carbonyl (C=O) groups is 1. The van der Waals surface area contributed by atoms with E-state index >= 15 is 0 Å². The molecule has 0 aliphatic carbocycles. The zero-order chi connectivity index (χ0) is 15.7. The molecule has 0 aliphatic heterocycles. The zero-order valence-corrected chi connectivity index (χ0v) is 15.5. The molecule has 1 N–H and O–H groups in total. The van der Waals surface area contributed by atoms with E-state index in [9.17, 15) is 4.79 Å². The van der Waals surface area contributed by atoms with E-state index in [0.717, 1.165) is 10.0 Å². The summed E-state index contributed by atoms with van der Waals surface area (Å²) in [6, 6.07) is 8.88. The first kappa shape index (κ1) is 16.0. The number of rotatable bonds is 3. The number of carbonyl (C=O) groups excluding carboxylic acids is 1. The highest BCUT2D eigenvalue weighted by molar-refractivity contribution is 9.10. The van der Waals surface area contributed by atoms with Crippen molar-refractivity contribution < 1.29 is 4.79 Å². The molecule has 1 amide bonds. The number of halogens is 3. The zero-order valence-electron chi connectivity index (χ0n) is 10.8. The van der Waals surface area contributed by atoms with Crippen LogP contribution in [-0.4, -0.2) is 10.9 Å². The van der Waals surface area contributed by atoms with Crippen LogP contribution in [0.2, 0.25) is 8.67 Å². The Morgan fingerprint density at radius 2 is 1.95 bits per heavy atom. The molecule has 0 atom stereocenters. The van der Waals surface area contributed by atoms with Crippen LogP contribution in [0.5, 0.6) is 0 Å². The Bertz CT molecular complexity index is 830. The number of nitrogens with zero attached hydrogens (tertiary/aromatic N) is 1. The van der Waals surface area contributed by atoms with Crippen LogP contribution < -0.4 is 5.32 Å². The minimum atomic E-state index is -0.206. The number of benzene rings is 1. The molecule has 112 valence electrons. The minimum Gasteiger partial charge on any atom is -0.298 e. The van der Waals surface area contributed by atoms with E-state index < -0.39 is 0 Å². The van der Waals surface area contributed by atoms with E-state index in [4.69, 9.17) is 23.2 Å². The number of thiophene rings is 1. The fraction of sp³-hybridized carbons (Fsp3) is 0. The van der Waals surface area contributed by atoms with Crippen LogP contribution in [0.4, 0.5) is 5.13 Å². The van der Waals surface area contributed by atoms with Gasteiger partial charge in [-0.05, 0) is 30.3 Å². The van der Waals surface area contributed by atoms with Gasteiger partial charge < -0.3 is 0 Å². The number of anilines is 1. The first-order chi connectivity index (χ1) is 10.5. The second-order valence-electron chi connectivity index (χ2n) is 4.24. The SMILES string of the molecule is O=C(Nc1nc(-c2cc(Cl)sc2Cl)cs1)c1ccc(Br)cc1. The lowest BCUT2D eigenvalue weighted by atomic mass is 10.2. The molecule has 0 radical (unpaired) electrons. The molecule has 3 aromatic rings. The number of thiazole rings is 1. The third kappa shape index (κ3) is 3.52. The molecule has 0 saturated heterocycles. The average Bonchev–Trinajstić information content (AvgIpc) is 3.06. The summed E-state index contributed by atoms with van der Waals surface area (Å²) in [7, 11) is 0. The molecule has 3 nitrogen and oxygen atoms in total. The molecule has 0 spiro atoms. The largest absolute Gasteiger partial charge is 0.298 e. The molecule has 22 heavy (non-hydrogen) atoms. The maximum atomic E-state index is 12.1. The number of aromatic nitrogens is 1. The van der Waals surface area contributed by atoms with Gasteiger partial charge in [0.1, 0.15) is 4.34 Å². The predicted molar refractivity (Wildman–Crippen MR) is 97.5 cm³/mol. The van der Waals surface area contributed by atoms with Gasteiger partial charge in [-0.3, -0.25) is 10.1 Å². The van der Waals surface area contributed by atoms with Gasteiger partial charge in [-0.15, -0.1) is 22.7 Å². The lowest BCUT2D eigenvalue weighted by molar-refractivity contribution is 0.102.